The number of nitrogens with zero attached hydrogens (tertiary/aromatic N) is 4. The first-order chi connectivity index (χ1) is 18.9. The number of hydrogen-bond donors (Lipinski definition) is 4. The number of nitrogens with one attached hydrogen (secondary N) is 1. The number of pyridine rings is 2. The van der Waals surface area contributed by atoms with Gasteiger partial charge in [-0.1, -0.05) is 33.8 Å². The van der Waals surface area contributed by atoms with Crippen molar-refractivity contribution in [1.82, 2.24) is 14.2 Å². The van der Waals surface area contributed by atoms with Gasteiger partial charge in [-0.3, -0.25) is 9.01 Å². The molecule has 1 amide bonds. The van der Waals surface area contributed by atoms with E-state index in [1.165, 1.54) is 18.2 Å². The Morgan fingerprint density at radius 1 is 1.20 bits per heavy atom. The first kappa shape index (κ1) is 33.2. The third kappa shape index (κ3) is 6.68. The molecule has 0 aromatic carbocycles. The Balaban J connectivity index is 2.35. The van der Waals surface area contributed by atoms with Gasteiger partial charge in [-0.15, -0.1) is 25.3 Å². The molecule has 1 atom stereocenters. The number of hydrogen-bond acceptors (Lipinski definition) is 12. The van der Waals surface area contributed by atoms with E-state index in [1.807, 2.05) is 39.5 Å². The first-order valence-corrected chi connectivity index (χ1v) is 15.4. The van der Waals surface area contributed by atoms with Crippen LogP contribution in [0.3, 0.4) is 0 Å². The fourth-order valence-corrected chi connectivity index (χ4v) is 6.45. The van der Waals surface area contributed by atoms with E-state index in [9.17, 15) is 18.0 Å². The summed E-state index contributed by atoms with van der Waals surface area (Å²) in [5.74, 6) is -1.10. The maximum absolute atomic E-state index is 14.0. The van der Waals surface area contributed by atoms with Crippen molar-refractivity contribution in [2.24, 2.45) is 5.92 Å². The van der Waals surface area contributed by atoms with Crippen LogP contribution in [0.1, 0.15) is 69.6 Å². The number of sulfonamides is 1. The highest BCUT2D eigenvalue weighted by Crippen LogP contribution is 2.42. The summed E-state index contributed by atoms with van der Waals surface area (Å²) in [6.07, 6.45) is 0.812. The Bertz CT molecular complexity index is 1510. The number of carbonyl (C=O) groups is 2. The molecule has 2 aromatic heterocycles. The van der Waals surface area contributed by atoms with Crippen LogP contribution in [0.5, 0.6) is 0 Å². The quantitative estimate of drug-likeness (QED) is 0.153. The lowest BCUT2D eigenvalue weighted by Crippen LogP contribution is -2.42. The van der Waals surface area contributed by atoms with Gasteiger partial charge >= 0.3 is 5.97 Å². The van der Waals surface area contributed by atoms with E-state index in [0.29, 0.717) is 12.2 Å². The summed E-state index contributed by atoms with van der Waals surface area (Å²) in [7, 11) is 3.07. The molecule has 1 N–H and O–H groups in total. The number of rotatable bonds is 7. The van der Waals surface area contributed by atoms with Crippen LogP contribution >= 0.6 is 38.2 Å². The molecule has 0 saturated carbocycles. The molecule has 2 aromatic rings. The van der Waals surface area contributed by atoms with Crippen LogP contribution in [0.4, 0.5) is 11.6 Å². The van der Waals surface area contributed by atoms with Gasteiger partial charge in [-0.25, -0.2) is 23.2 Å². The van der Waals surface area contributed by atoms with Crippen molar-refractivity contribution in [2.45, 2.75) is 63.9 Å². The van der Waals surface area contributed by atoms with E-state index < -0.39 is 37.9 Å². The molecule has 0 aliphatic carbocycles. The standard InChI is InChI=1S/C26H34BN5O5S4/c1-14-12-26(5,6)31(13-14)22-16(23(33)32(27)41(35,36)18-10-8-9-17(28-7)29-18)11-15(21(30-22)25(2,3)4)19(38)20(39)24(34)37-40/h8-11,14,38-40H,12-13H2,1-7H3,(H,28,29)/b20-19+. The van der Waals surface area contributed by atoms with Gasteiger partial charge in [0.1, 0.15) is 16.5 Å². The van der Waals surface area contributed by atoms with Crippen molar-refractivity contribution >= 4 is 84.6 Å². The van der Waals surface area contributed by atoms with Gasteiger partial charge in [0.2, 0.25) is 0 Å². The highest BCUT2D eigenvalue weighted by atomic mass is 32.2. The minimum absolute atomic E-state index is 0.0641. The van der Waals surface area contributed by atoms with Crippen molar-refractivity contribution in [3.8, 4) is 0 Å². The number of carbonyl (C=O) groups excluding carboxylic acids is 2. The molecule has 1 aliphatic heterocycles. The lowest BCUT2D eigenvalue weighted by molar-refractivity contribution is -0.127. The minimum atomic E-state index is -4.57. The Morgan fingerprint density at radius 2 is 1.83 bits per heavy atom. The van der Waals surface area contributed by atoms with Gasteiger partial charge in [0.05, 0.1) is 11.3 Å². The molecule has 0 spiro atoms. The molecule has 220 valence electrons. The highest BCUT2D eigenvalue weighted by molar-refractivity contribution is 7.93. The van der Waals surface area contributed by atoms with Crippen molar-refractivity contribution in [2.75, 3.05) is 23.8 Å². The molecule has 2 radical (unpaired) electrons. The van der Waals surface area contributed by atoms with Crippen molar-refractivity contribution in [1.29, 1.82) is 0 Å². The predicted octanol–water partition coefficient (Wildman–Crippen LogP) is 4.27. The summed E-state index contributed by atoms with van der Waals surface area (Å²) >= 11 is 12.4. The molecule has 10 nitrogen and oxygen atoms in total. The Labute approximate surface area is 259 Å². The van der Waals surface area contributed by atoms with Gasteiger partial charge in [0.25, 0.3) is 23.9 Å². The van der Waals surface area contributed by atoms with E-state index in [4.69, 9.17) is 13.0 Å². The summed E-state index contributed by atoms with van der Waals surface area (Å²) in [4.78, 5) is 37.2. The largest absolute Gasteiger partial charge is 0.391 e. The monoisotopic (exact) mass is 635 g/mol. The maximum atomic E-state index is 14.0. The molecule has 15 heteroatoms. The van der Waals surface area contributed by atoms with Gasteiger partial charge in [0.15, 0.2) is 5.03 Å². The molecular weight excluding hydrogens is 601 g/mol. The summed E-state index contributed by atoms with van der Waals surface area (Å²) in [5, 5.41) is 2.35. The Kier molecular flexibility index (Phi) is 9.78. The normalized spacial score (nSPS) is 17.6. The molecule has 1 fully saturated rings. The van der Waals surface area contributed by atoms with Crippen molar-refractivity contribution in [3.05, 3.63) is 46.0 Å². The first-order valence-electron chi connectivity index (χ1n) is 12.7. The molecule has 3 heterocycles. The molecule has 0 bridgehead atoms. The van der Waals surface area contributed by atoms with E-state index >= 15 is 0 Å². The summed E-state index contributed by atoms with van der Waals surface area (Å²) in [6, 6.07) is 5.74. The van der Waals surface area contributed by atoms with Gasteiger partial charge < -0.3 is 14.4 Å². The zero-order valence-electron chi connectivity index (χ0n) is 24.0. The third-order valence-electron chi connectivity index (χ3n) is 6.73. The van der Waals surface area contributed by atoms with Crippen LogP contribution in [-0.4, -0.2) is 61.6 Å². The Hall–Kier alpha value is -2.36. The van der Waals surface area contributed by atoms with Crippen molar-refractivity contribution < 1.29 is 22.2 Å². The third-order valence-corrected chi connectivity index (χ3v) is 9.38. The van der Waals surface area contributed by atoms with Crippen LogP contribution in [0.15, 0.2) is 34.2 Å². The average molecular weight is 636 g/mol. The van der Waals surface area contributed by atoms with Crippen molar-refractivity contribution in [3.63, 3.8) is 0 Å². The smallest absolute Gasteiger partial charge is 0.357 e. The fraction of sp³-hybridized carbons (Fsp3) is 0.462. The van der Waals surface area contributed by atoms with Crippen LogP contribution in [0.2, 0.25) is 0 Å². The van der Waals surface area contributed by atoms with E-state index in [-0.39, 0.29) is 42.7 Å². The summed E-state index contributed by atoms with van der Waals surface area (Å²) in [6.45, 7) is 12.5. The molecule has 1 aliphatic rings. The van der Waals surface area contributed by atoms with Gasteiger partial charge in [-0.05, 0) is 44.4 Å². The molecule has 1 unspecified atom stereocenters. The predicted molar refractivity (Wildman–Crippen MR) is 171 cm³/mol. The minimum Gasteiger partial charge on any atom is -0.391 e. The molecule has 1 saturated heterocycles. The second kappa shape index (κ2) is 12.1. The number of amides is 1. The molecular formula is C26H34BN5O5S4. The average Bonchev–Trinajstić information content (AvgIpc) is 3.20. The maximum Gasteiger partial charge on any atom is 0.357 e. The Morgan fingerprint density at radius 3 is 2.34 bits per heavy atom. The molecule has 41 heavy (non-hydrogen) atoms. The zero-order valence-corrected chi connectivity index (χ0v) is 27.5. The van der Waals surface area contributed by atoms with E-state index in [0.717, 1.165) is 6.42 Å². The highest BCUT2D eigenvalue weighted by Gasteiger charge is 2.41. The number of anilines is 2. The summed E-state index contributed by atoms with van der Waals surface area (Å²) in [5.41, 5.74) is -0.331. The van der Waals surface area contributed by atoms with Gasteiger partial charge in [-0.2, -0.15) is 0 Å². The zero-order chi connectivity index (χ0) is 31.1. The van der Waals surface area contributed by atoms with Crippen LogP contribution in [0.25, 0.3) is 4.91 Å². The molecule has 3 rings (SSSR count). The summed E-state index contributed by atoms with van der Waals surface area (Å²) < 4.78 is 31.6. The second-order valence-corrected chi connectivity index (χ2v) is 14.4. The van der Waals surface area contributed by atoms with E-state index in [1.54, 1.807) is 13.1 Å². The van der Waals surface area contributed by atoms with Crippen LogP contribution in [-0.2, 0) is 24.4 Å². The van der Waals surface area contributed by atoms with Crippen LogP contribution < -0.4 is 10.2 Å². The second-order valence-electron chi connectivity index (χ2n) is 11.5. The SMILES string of the molecule is [B]N(C(=O)c1cc(/C(S)=C(\S)C(=O)OS)c(C(C)(C)C)nc1N1CC(C)CC1(C)C)S(=O)(=O)c1cccc(NC)n1. The fourth-order valence-electron chi connectivity index (χ4n) is 4.87. The number of aromatic nitrogens is 2. The number of thiol groups is 3. The van der Waals surface area contributed by atoms with Crippen LogP contribution in [0, 0.1) is 5.92 Å². The van der Waals surface area contributed by atoms with E-state index in [2.05, 4.69) is 59.6 Å². The van der Waals surface area contributed by atoms with Gasteiger partial charge in [0, 0.05) is 47.9 Å². The lowest BCUT2D eigenvalue weighted by Gasteiger charge is -2.36. The lowest BCUT2D eigenvalue weighted by atomic mass is 9.87. The topological polar surface area (TPSA) is 122 Å².